The fourth-order valence-electron chi connectivity index (χ4n) is 8.18. The summed E-state index contributed by atoms with van der Waals surface area (Å²) in [7, 11) is 0. The first-order valence-electron chi connectivity index (χ1n) is 18.9. The minimum absolute atomic E-state index is 0.0518. The Kier molecular flexibility index (Phi) is 7.81. The highest BCUT2D eigenvalue weighted by molar-refractivity contribution is 5.98. The fraction of sp³-hybridized carbons (Fsp3) is 0.0577. The van der Waals surface area contributed by atoms with Crippen molar-refractivity contribution >= 4 is 10.8 Å². The van der Waals surface area contributed by atoms with Gasteiger partial charge in [0.25, 0.3) is 0 Å². The van der Waals surface area contributed by atoms with Crippen molar-refractivity contribution in [3.05, 3.63) is 199 Å². The molecule has 0 aliphatic heterocycles. The first-order valence-corrected chi connectivity index (χ1v) is 18.9. The maximum absolute atomic E-state index is 5.15. The second-order valence-corrected chi connectivity index (χ2v) is 14.9. The van der Waals surface area contributed by atoms with E-state index in [-0.39, 0.29) is 5.41 Å². The smallest absolute Gasteiger partial charge is 0.164 e. The van der Waals surface area contributed by atoms with E-state index in [0.29, 0.717) is 17.5 Å². The van der Waals surface area contributed by atoms with Crippen LogP contribution in [-0.4, -0.2) is 15.0 Å². The van der Waals surface area contributed by atoms with Crippen LogP contribution in [0.5, 0.6) is 0 Å². The highest BCUT2D eigenvalue weighted by atomic mass is 15.0. The minimum atomic E-state index is -0.0518. The van der Waals surface area contributed by atoms with Crippen molar-refractivity contribution in [1.29, 1.82) is 0 Å². The second kappa shape index (κ2) is 13.2. The molecular weight excluding hydrogens is 667 g/mol. The number of fused-ring (bicyclic) bond motifs is 4. The Balaban J connectivity index is 1.06. The maximum atomic E-state index is 5.15. The Labute approximate surface area is 321 Å². The third-order valence-corrected chi connectivity index (χ3v) is 11.2. The van der Waals surface area contributed by atoms with Gasteiger partial charge in [-0.25, -0.2) is 15.0 Å². The quantitative estimate of drug-likeness (QED) is 0.173. The van der Waals surface area contributed by atoms with Gasteiger partial charge in [0, 0.05) is 22.1 Å². The molecule has 8 aromatic carbocycles. The van der Waals surface area contributed by atoms with E-state index in [1.165, 1.54) is 44.5 Å². The molecule has 0 saturated carbocycles. The van der Waals surface area contributed by atoms with Crippen LogP contribution in [0.2, 0.25) is 0 Å². The molecule has 0 radical (unpaired) electrons. The van der Waals surface area contributed by atoms with Gasteiger partial charge >= 0.3 is 0 Å². The standard InChI is InChI=1S/C52H37N3/c1-52(2)47-19-10-9-17-44(47)45-31-29-41(33-48(45)52)40-28-30-43-42(32-40)16-11-18-46(43)51-54-49(38-24-20-36(21-25-38)34-12-5-3-6-13-34)53-50(55-51)39-26-22-37(23-27-39)35-14-7-4-8-15-35/h3-33H,1-2H3. The third kappa shape index (κ3) is 5.82. The molecule has 10 rings (SSSR count). The van der Waals surface area contributed by atoms with Crippen molar-refractivity contribution in [1.82, 2.24) is 15.0 Å². The fourth-order valence-corrected chi connectivity index (χ4v) is 8.18. The Morgan fingerprint density at radius 1 is 0.309 bits per heavy atom. The van der Waals surface area contributed by atoms with Crippen LogP contribution in [0.25, 0.3) is 89.4 Å². The summed E-state index contributed by atoms with van der Waals surface area (Å²) in [5.74, 6) is 1.93. The SMILES string of the molecule is CC1(C)c2ccccc2-c2ccc(-c3ccc4c(-c5nc(-c6ccc(-c7ccccc7)cc6)nc(-c6ccc(-c7ccccc7)cc6)n5)cccc4c3)cc21. The van der Waals surface area contributed by atoms with Gasteiger partial charge in [-0.3, -0.25) is 0 Å². The van der Waals surface area contributed by atoms with Crippen LogP contribution in [0.1, 0.15) is 25.0 Å². The van der Waals surface area contributed by atoms with Crippen LogP contribution in [0, 0.1) is 0 Å². The number of aromatic nitrogens is 3. The van der Waals surface area contributed by atoms with Gasteiger partial charge in [0.2, 0.25) is 0 Å². The molecule has 1 aromatic heterocycles. The molecule has 55 heavy (non-hydrogen) atoms. The summed E-state index contributed by atoms with van der Waals surface area (Å²) < 4.78 is 0. The van der Waals surface area contributed by atoms with E-state index >= 15 is 0 Å². The molecule has 1 aliphatic rings. The normalized spacial score (nSPS) is 12.7. The molecule has 0 unspecified atom stereocenters. The molecule has 1 aliphatic carbocycles. The van der Waals surface area contributed by atoms with Crippen molar-refractivity contribution in [2.75, 3.05) is 0 Å². The van der Waals surface area contributed by atoms with Gasteiger partial charge in [-0.2, -0.15) is 0 Å². The lowest BCUT2D eigenvalue weighted by Crippen LogP contribution is -2.14. The van der Waals surface area contributed by atoms with E-state index in [0.717, 1.165) is 38.6 Å². The highest BCUT2D eigenvalue weighted by Crippen LogP contribution is 2.49. The van der Waals surface area contributed by atoms with Crippen molar-refractivity contribution in [3.63, 3.8) is 0 Å². The molecular formula is C52H37N3. The number of rotatable bonds is 6. The minimum Gasteiger partial charge on any atom is -0.208 e. The molecule has 0 bridgehead atoms. The van der Waals surface area contributed by atoms with Gasteiger partial charge < -0.3 is 0 Å². The Bertz CT molecular complexity index is 2760. The van der Waals surface area contributed by atoms with E-state index in [2.05, 4.69) is 190 Å². The highest BCUT2D eigenvalue weighted by Gasteiger charge is 2.35. The van der Waals surface area contributed by atoms with Crippen molar-refractivity contribution in [3.8, 4) is 78.7 Å². The number of benzene rings is 8. The van der Waals surface area contributed by atoms with E-state index in [9.17, 15) is 0 Å². The van der Waals surface area contributed by atoms with Crippen LogP contribution in [-0.2, 0) is 5.41 Å². The predicted octanol–water partition coefficient (Wildman–Crippen LogP) is 13.3. The molecule has 0 spiro atoms. The average Bonchev–Trinajstić information content (AvgIpc) is 3.49. The zero-order valence-electron chi connectivity index (χ0n) is 30.7. The lowest BCUT2D eigenvalue weighted by Gasteiger charge is -2.22. The van der Waals surface area contributed by atoms with Crippen LogP contribution in [0.15, 0.2) is 188 Å². The Hall–Kier alpha value is -6.97. The van der Waals surface area contributed by atoms with E-state index in [4.69, 9.17) is 15.0 Å². The first-order chi connectivity index (χ1) is 27.0. The van der Waals surface area contributed by atoms with E-state index in [1.807, 2.05) is 12.1 Å². The number of nitrogens with zero attached hydrogens (tertiary/aromatic N) is 3. The molecule has 0 saturated heterocycles. The summed E-state index contributed by atoms with van der Waals surface area (Å²) in [5.41, 5.74) is 15.3. The molecule has 1 heterocycles. The van der Waals surface area contributed by atoms with Gasteiger partial charge in [-0.05, 0) is 78.5 Å². The van der Waals surface area contributed by atoms with E-state index < -0.39 is 0 Å². The van der Waals surface area contributed by atoms with Crippen LogP contribution in [0.4, 0.5) is 0 Å². The second-order valence-electron chi connectivity index (χ2n) is 14.9. The third-order valence-electron chi connectivity index (χ3n) is 11.2. The zero-order valence-corrected chi connectivity index (χ0v) is 30.7. The van der Waals surface area contributed by atoms with Gasteiger partial charge in [-0.1, -0.05) is 190 Å². The Morgan fingerprint density at radius 3 is 1.40 bits per heavy atom. The summed E-state index contributed by atoms with van der Waals surface area (Å²) >= 11 is 0. The average molecular weight is 704 g/mol. The lowest BCUT2D eigenvalue weighted by molar-refractivity contribution is 0.660. The first kappa shape index (κ1) is 32.7. The van der Waals surface area contributed by atoms with Crippen molar-refractivity contribution < 1.29 is 0 Å². The lowest BCUT2D eigenvalue weighted by atomic mass is 9.81. The molecule has 0 fully saturated rings. The van der Waals surface area contributed by atoms with Crippen LogP contribution < -0.4 is 0 Å². The molecule has 3 nitrogen and oxygen atoms in total. The maximum Gasteiger partial charge on any atom is 0.164 e. The summed E-state index contributed by atoms with van der Waals surface area (Å²) in [5, 5.41) is 2.24. The van der Waals surface area contributed by atoms with Gasteiger partial charge in [0.1, 0.15) is 0 Å². The Morgan fingerprint density at radius 2 is 0.764 bits per heavy atom. The van der Waals surface area contributed by atoms with Gasteiger partial charge in [-0.15, -0.1) is 0 Å². The zero-order chi connectivity index (χ0) is 36.9. The van der Waals surface area contributed by atoms with Crippen molar-refractivity contribution in [2.45, 2.75) is 19.3 Å². The molecule has 260 valence electrons. The monoisotopic (exact) mass is 703 g/mol. The summed E-state index contributed by atoms with van der Waals surface area (Å²) in [4.78, 5) is 15.4. The van der Waals surface area contributed by atoms with Crippen LogP contribution >= 0.6 is 0 Å². The largest absolute Gasteiger partial charge is 0.208 e. The molecule has 3 heteroatoms. The molecule has 0 atom stereocenters. The topological polar surface area (TPSA) is 38.7 Å². The number of hydrogen-bond donors (Lipinski definition) is 0. The molecule has 0 amide bonds. The summed E-state index contributed by atoms with van der Waals surface area (Å²) in [6, 6.07) is 66.8. The number of hydrogen-bond acceptors (Lipinski definition) is 3. The summed E-state index contributed by atoms with van der Waals surface area (Å²) in [6.45, 7) is 4.67. The van der Waals surface area contributed by atoms with E-state index in [1.54, 1.807) is 0 Å². The van der Waals surface area contributed by atoms with Crippen molar-refractivity contribution in [2.24, 2.45) is 0 Å². The van der Waals surface area contributed by atoms with Crippen LogP contribution in [0.3, 0.4) is 0 Å². The van der Waals surface area contributed by atoms with Gasteiger partial charge in [0.05, 0.1) is 0 Å². The summed E-state index contributed by atoms with van der Waals surface area (Å²) in [6.07, 6.45) is 0. The predicted molar refractivity (Wildman–Crippen MR) is 228 cm³/mol. The molecule has 9 aromatic rings. The van der Waals surface area contributed by atoms with Gasteiger partial charge in [0.15, 0.2) is 17.5 Å². The molecule has 0 N–H and O–H groups in total.